The number of aryl methyl sites for hydroxylation is 1. The highest BCUT2D eigenvalue weighted by Crippen LogP contribution is 2.53. The molecule has 1 saturated carbocycles. The van der Waals surface area contributed by atoms with Crippen LogP contribution in [0.1, 0.15) is 32.3 Å². The van der Waals surface area contributed by atoms with E-state index in [0.717, 1.165) is 18.8 Å². The maximum Gasteiger partial charge on any atom is 0.108 e. The van der Waals surface area contributed by atoms with Crippen LogP contribution in [0.4, 0.5) is 0 Å². The largest absolute Gasteiger partial charge is 0.197 e. The summed E-state index contributed by atoms with van der Waals surface area (Å²) in [5.74, 6) is 1.43. The van der Waals surface area contributed by atoms with E-state index in [4.69, 9.17) is 0 Å². The Labute approximate surface area is 108 Å². The van der Waals surface area contributed by atoms with E-state index in [-0.39, 0.29) is 4.75 Å². The SMILES string of the molecule is Cc1ccccc1SC1(C#N)CC(C(C)C)C1. The van der Waals surface area contributed by atoms with Gasteiger partial charge in [-0.2, -0.15) is 5.26 Å². The second kappa shape index (κ2) is 4.74. The van der Waals surface area contributed by atoms with E-state index in [0.29, 0.717) is 5.92 Å². The van der Waals surface area contributed by atoms with Crippen molar-refractivity contribution in [3.8, 4) is 6.07 Å². The van der Waals surface area contributed by atoms with Crippen molar-refractivity contribution in [1.82, 2.24) is 0 Å². The molecule has 17 heavy (non-hydrogen) atoms. The molecule has 1 aliphatic rings. The van der Waals surface area contributed by atoms with Crippen LogP contribution in [0.3, 0.4) is 0 Å². The summed E-state index contributed by atoms with van der Waals surface area (Å²) >= 11 is 1.76. The molecule has 1 nitrogen and oxygen atoms in total. The summed E-state index contributed by atoms with van der Waals surface area (Å²) in [7, 11) is 0. The quantitative estimate of drug-likeness (QED) is 0.787. The molecule has 0 heterocycles. The lowest BCUT2D eigenvalue weighted by molar-refractivity contribution is 0.207. The van der Waals surface area contributed by atoms with Gasteiger partial charge in [-0.3, -0.25) is 0 Å². The molecule has 0 radical (unpaired) electrons. The van der Waals surface area contributed by atoms with Crippen LogP contribution in [-0.2, 0) is 0 Å². The number of hydrogen-bond donors (Lipinski definition) is 0. The third-order valence-electron chi connectivity index (χ3n) is 3.73. The maximum absolute atomic E-state index is 9.42. The molecule has 2 heteroatoms. The average molecular weight is 245 g/mol. The first-order valence-corrected chi connectivity index (χ1v) is 7.04. The van der Waals surface area contributed by atoms with Gasteiger partial charge in [0.25, 0.3) is 0 Å². The van der Waals surface area contributed by atoms with Crippen LogP contribution in [0.15, 0.2) is 29.2 Å². The van der Waals surface area contributed by atoms with Gasteiger partial charge in [0.05, 0.1) is 6.07 Å². The van der Waals surface area contributed by atoms with Crippen LogP contribution in [0.2, 0.25) is 0 Å². The average Bonchev–Trinajstić information content (AvgIpc) is 2.25. The Kier molecular flexibility index (Phi) is 3.49. The summed E-state index contributed by atoms with van der Waals surface area (Å²) < 4.78 is -0.166. The maximum atomic E-state index is 9.42. The van der Waals surface area contributed by atoms with Gasteiger partial charge >= 0.3 is 0 Å². The first kappa shape index (κ1) is 12.5. The van der Waals surface area contributed by atoms with Crippen molar-refractivity contribution in [3.05, 3.63) is 29.8 Å². The van der Waals surface area contributed by atoms with Crippen molar-refractivity contribution < 1.29 is 0 Å². The molecule has 1 aromatic rings. The zero-order valence-corrected chi connectivity index (χ0v) is 11.6. The fourth-order valence-corrected chi connectivity index (χ4v) is 3.77. The Hall–Kier alpha value is -0.940. The first-order chi connectivity index (χ1) is 8.06. The van der Waals surface area contributed by atoms with Crippen LogP contribution in [0, 0.1) is 30.1 Å². The molecule has 2 rings (SSSR count). The summed E-state index contributed by atoms with van der Waals surface area (Å²) in [5.41, 5.74) is 1.28. The lowest BCUT2D eigenvalue weighted by atomic mass is 9.69. The second-order valence-corrected chi connectivity index (χ2v) is 6.81. The highest BCUT2D eigenvalue weighted by Gasteiger charge is 2.46. The predicted molar refractivity (Wildman–Crippen MR) is 72.9 cm³/mol. The first-order valence-electron chi connectivity index (χ1n) is 6.22. The molecule has 0 aliphatic heterocycles. The molecular weight excluding hydrogens is 226 g/mol. The Morgan fingerprint density at radius 3 is 2.53 bits per heavy atom. The molecule has 1 aliphatic carbocycles. The van der Waals surface area contributed by atoms with Crippen molar-refractivity contribution in [2.45, 2.75) is 43.3 Å². The summed E-state index contributed by atoms with van der Waals surface area (Å²) in [4.78, 5) is 1.26. The fraction of sp³-hybridized carbons (Fsp3) is 0.533. The van der Waals surface area contributed by atoms with Crippen molar-refractivity contribution in [2.24, 2.45) is 11.8 Å². The molecule has 0 saturated heterocycles. The van der Waals surface area contributed by atoms with Crippen LogP contribution in [0.5, 0.6) is 0 Å². The number of nitrogens with zero attached hydrogens (tertiary/aromatic N) is 1. The fourth-order valence-electron chi connectivity index (χ4n) is 2.34. The van der Waals surface area contributed by atoms with E-state index in [9.17, 15) is 5.26 Å². The van der Waals surface area contributed by atoms with Gasteiger partial charge in [-0.25, -0.2) is 0 Å². The summed E-state index contributed by atoms with van der Waals surface area (Å²) in [6, 6.07) is 10.9. The van der Waals surface area contributed by atoms with Gasteiger partial charge in [0, 0.05) is 4.90 Å². The highest BCUT2D eigenvalue weighted by atomic mass is 32.2. The highest BCUT2D eigenvalue weighted by molar-refractivity contribution is 8.01. The monoisotopic (exact) mass is 245 g/mol. The third kappa shape index (κ3) is 2.50. The van der Waals surface area contributed by atoms with Crippen LogP contribution in [0.25, 0.3) is 0 Å². The summed E-state index contributed by atoms with van der Waals surface area (Å²) in [5, 5.41) is 9.42. The van der Waals surface area contributed by atoms with Gasteiger partial charge in [-0.1, -0.05) is 32.0 Å². The molecule has 0 N–H and O–H groups in total. The Bertz CT molecular complexity index is 438. The van der Waals surface area contributed by atoms with Crippen molar-refractivity contribution in [2.75, 3.05) is 0 Å². The molecule has 0 amide bonds. The van der Waals surface area contributed by atoms with Crippen molar-refractivity contribution in [1.29, 1.82) is 5.26 Å². The minimum Gasteiger partial charge on any atom is -0.197 e. The smallest absolute Gasteiger partial charge is 0.108 e. The molecule has 1 aromatic carbocycles. The zero-order valence-electron chi connectivity index (χ0n) is 10.7. The predicted octanol–water partition coefficient (Wildman–Crippen LogP) is 4.42. The molecule has 0 unspecified atom stereocenters. The van der Waals surface area contributed by atoms with E-state index in [1.54, 1.807) is 11.8 Å². The molecule has 0 atom stereocenters. The molecule has 0 spiro atoms. The minimum atomic E-state index is -0.166. The van der Waals surface area contributed by atoms with E-state index < -0.39 is 0 Å². The lowest BCUT2D eigenvalue weighted by Crippen LogP contribution is -2.41. The topological polar surface area (TPSA) is 23.8 Å². The molecule has 0 aromatic heterocycles. The van der Waals surface area contributed by atoms with Gasteiger partial charge in [0.15, 0.2) is 0 Å². The minimum absolute atomic E-state index is 0.166. The molecule has 0 bridgehead atoms. The van der Waals surface area contributed by atoms with Gasteiger partial charge in [0.2, 0.25) is 0 Å². The molecule has 1 fully saturated rings. The normalized spacial score (nSPS) is 27.6. The van der Waals surface area contributed by atoms with Crippen LogP contribution >= 0.6 is 11.8 Å². The van der Waals surface area contributed by atoms with Crippen molar-refractivity contribution in [3.63, 3.8) is 0 Å². The van der Waals surface area contributed by atoms with Crippen LogP contribution < -0.4 is 0 Å². The number of thioether (sulfide) groups is 1. The Morgan fingerprint density at radius 2 is 2.00 bits per heavy atom. The van der Waals surface area contributed by atoms with E-state index in [1.807, 2.05) is 0 Å². The van der Waals surface area contributed by atoms with E-state index in [2.05, 4.69) is 51.1 Å². The Morgan fingerprint density at radius 1 is 1.35 bits per heavy atom. The second-order valence-electron chi connectivity index (χ2n) is 5.39. The number of benzene rings is 1. The van der Waals surface area contributed by atoms with Gasteiger partial charge in [-0.05, 0) is 43.2 Å². The van der Waals surface area contributed by atoms with Gasteiger partial charge in [0.1, 0.15) is 4.75 Å². The van der Waals surface area contributed by atoms with E-state index in [1.165, 1.54) is 10.5 Å². The van der Waals surface area contributed by atoms with E-state index >= 15 is 0 Å². The van der Waals surface area contributed by atoms with Crippen molar-refractivity contribution >= 4 is 11.8 Å². The Balaban J connectivity index is 2.09. The zero-order chi connectivity index (χ0) is 12.5. The number of hydrogen-bond acceptors (Lipinski definition) is 2. The summed E-state index contributed by atoms with van der Waals surface area (Å²) in [6.45, 7) is 6.63. The van der Waals surface area contributed by atoms with Crippen LogP contribution in [-0.4, -0.2) is 4.75 Å². The molecule has 90 valence electrons. The third-order valence-corrected chi connectivity index (χ3v) is 5.22. The number of rotatable bonds is 3. The number of nitriles is 1. The summed E-state index contributed by atoms with van der Waals surface area (Å²) in [6.07, 6.45) is 2.08. The standard InChI is InChI=1S/C15H19NS/c1-11(2)13-8-15(9-13,10-16)17-14-7-5-4-6-12(14)3/h4-7,11,13H,8-9H2,1-3H3. The van der Waals surface area contributed by atoms with Gasteiger partial charge < -0.3 is 0 Å². The lowest BCUT2D eigenvalue weighted by Gasteiger charge is -2.44. The van der Waals surface area contributed by atoms with Gasteiger partial charge in [-0.15, -0.1) is 11.8 Å². The molecular formula is C15H19NS.